The Hall–Kier alpha value is -3.35. The van der Waals surface area contributed by atoms with E-state index in [1.807, 2.05) is 13.0 Å². The van der Waals surface area contributed by atoms with Crippen LogP contribution < -0.4 is 16.0 Å². The highest BCUT2D eigenvalue weighted by atomic mass is 16.2. The fourth-order valence-corrected chi connectivity index (χ4v) is 2.54. The summed E-state index contributed by atoms with van der Waals surface area (Å²) in [5, 5.41) is 8.41. The molecule has 0 spiro atoms. The number of nitrogens with one attached hydrogen (secondary N) is 3. The topological polar surface area (TPSA) is 90.5 Å². The molecule has 0 saturated heterocycles. The minimum Gasteiger partial charge on any atom is -0.376 e. The van der Waals surface area contributed by atoms with Crippen molar-refractivity contribution >= 4 is 29.1 Å². The summed E-state index contributed by atoms with van der Waals surface area (Å²) < 4.78 is 0. The van der Waals surface area contributed by atoms with Gasteiger partial charge in [-0.3, -0.25) is 14.4 Å². The summed E-state index contributed by atoms with van der Waals surface area (Å²) in [6, 6.07) is 12.0. The molecular weight excluding hydrogens is 344 g/mol. The van der Waals surface area contributed by atoms with Gasteiger partial charge in [0.15, 0.2) is 0 Å². The number of benzene rings is 2. The summed E-state index contributed by atoms with van der Waals surface area (Å²) in [6.45, 7) is 1.88. The molecule has 0 aliphatic carbocycles. The Balaban J connectivity index is 1.97. The number of carbonyl (C=O) groups is 3. The number of anilines is 2. The first-order valence-electron chi connectivity index (χ1n) is 8.50. The van der Waals surface area contributed by atoms with Crippen LogP contribution in [0.4, 0.5) is 11.4 Å². The average molecular weight is 368 g/mol. The summed E-state index contributed by atoms with van der Waals surface area (Å²) in [4.78, 5) is 37.4. The van der Waals surface area contributed by atoms with Gasteiger partial charge in [-0.2, -0.15) is 0 Å². The molecular formula is C20H24N4O3. The first kappa shape index (κ1) is 20.0. The maximum Gasteiger partial charge on any atom is 0.253 e. The molecule has 3 amide bonds. The van der Waals surface area contributed by atoms with E-state index in [-0.39, 0.29) is 24.3 Å². The molecule has 0 aromatic heterocycles. The van der Waals surface area contributed by atoms with Crippen LogP contribution in [0.1, 0.15) is 26.3 Å². The van der Waals surface area contributed by atoms with Gasteiger partial charge in [-0.05, 0) is 48.9 Å². The van der Waals surface area contributed by atoms with E-state index in [0.717, 1.165) is 11.3 Å². The Kier molecular flexibility index (Phi) is 6.54. The molecule has 0 unspecified atom stereocenters. The quantitative estimate of drug-likeness (QED) is 0.728. The minimum atomic E-state index is -0.230. The smallest absolute Gasteiger partial charge is 0.253 e. The Morgan fingerprint density at radius 3 is 2.26 bits per heavy atom. The van der Waals surface area contributed by atoms with Crippen molar-refractivity contribution in [2.75, 3.05) is 38.3 Å². The Morgan fingerprint density at radius 2 is 1.67 bits per heavy atom. The van der Waals surface area contributed by atoms with Crippen molar-refractivity contribution in [3.05, 3.63) is 59.2 Å². The van der Waals surface area contributed by atoms with Crippen molar-refractivity contribution in [1.82, 2.24) is 10.2 Å². The summed E-state index contributed by atoms with van der Waals surface area (Å²) in [6.07, 6.45) is 0. The summed E-state index contributed by atoms with van der Waals surface area (Å²) >= 11 is 0. The maximum absolute atomic E-state index is 12.2. The molecule has 142 valence electrons. The highest BCUT2D eigenvalue weighted by molar-refractivity contribution is 5.98. The average Bonchev–Trinajstić information content (AvgIpc) is 2.66. The van der Waals surface area contributed by atoms with Crippen molar-refractivity contribution in [3.8, 4) is 0 Å². The molecule has 0 aliphatic heterocycles. The minimum absolute atomic E-state index is 0.0520. The molecule has 2 rings (SSSR count). The van der Waals surface area contributed by atoms with Gasteiger partial charge < -0.3 is 20.9 Å². The summed E-state index contributed by atoms with van der Waals surface area (Å²) in [5.74, 6) is -0.500. The van der Waals surface area contributed by atoms with Gasteiger partial charge in [0.1, 0.15) is 0 Å². The van der Waals surface area contributed by atoms with E-state index in [9.17, 15) is 14.4 Å². The standard InChI is InChI=1S/C20H24N4O3/c1-13-16(19(26)21-2)6-5-7-17(13)22-12-18(25)23-15-10-8-14(9-11-15)20(27)24(3)4/h5-11,22H,12H2,1-4H3,(H,21,26)(H,23,25). The van der Waals surface area contributed by atoms with Crippen LogP contribution in [0.3, 0.4) is 0 Å². The second kappa shape index (κ2) is 8.84. The third-order valence-corrected chi connectivity index (χ3v) is 4.07. The second-order valence-electron chi connectivity index (χ2n) is 6.24. The van der Waals surface area contributed by atoms with E-state index in [1.165, 1.54) is 4.90 Å². The largest absolute Gasteiger partial charge is 0.376 e. The fraction of sp³-hybridized carbons (Fsp3) is 0.250. The van der Waals surface area contributed by atoms with E-state index in [4.69, 9.17) is 0 Å². The zero-order valence-corrected chi connectivity index (χ0v) is 15.9. The van der Waals surface area contributed by atoms with E-state index in [2.05, 4.69) is 16.0 Å². The van der Waals surface area contributed by atoms with Crippen LogP contribution in [-0.4, -0.2) is 50.3 Å². The lowest BCUT2D eigenvalue weighted by molar-refractivity contribution is -0.114. The second-order valence-corrected chi connectivity index (χ2v) is 6.24. The van der Waals surface area contributed by atoms with Crippen molar-refractivity contribution in [1.29, 1.82) is 0 Å². The fourth-order valence-electron chi connectivity index (χ4n) is 2.54. The van der Waals surface area contributed by atoms with Crippen LogP contribution in [0.15, 0.2) is 42.5 Å². The van der Waals surface area contributed by atoms with Crippen LogP contribution in [0.2, 0.25) is 0 Å². The normalized spacial score (nSPS) is 10.1. The van der Waals surface area contributed by atoms with E-state index in [1.54, 1.807) is 57.5 Å². The van der Waals surface area contributed by atoms with Gasteiger partial charge in [0, 0.05) is 43.6 Å². The molecule has 0 bridgehead atoms. The van der Waals surface area contributed by atoms with E-state index in [0.29, 0.717) is 16.8 Å². The molecule has 2 aromatic rings. The third kappa shape index (κ3) is 5.07. The molecule has 27 heavy (non-hydrogen) atoms. The molecule has 3 N–H and O–H groups in total. The molecule has 7 heteroatoms. The molecule has 0 aliphatic rings. The van der Waals surface area contributed by atoms with E-state index < -0.39 is 0 Å². The number of carbonyl (C=O) groups excluding carboxylic acids is 3. The van der Waals surface area contributed by atoms with Crippen molar-refractivity contribution in [2.24, 2.45) is 0 Å². The SMILES string of the molecule is CNC(=O)c1cccc(NCC(=O)Nc2ccc(C(=O)N(C)C)cc2)c1C. The number of hydrogen-bond acceptors (Lipinski definition) is 4. The maximum atomic E-state index is 12.2. The lowest BCUT2D eigenvalue weighted by Gasteiger charge is -2.13. The Morgan fingerprint density at radius 1 is 1.00 bits per heavy atom. The highest BCUT2D eigenvalue weighted by Gasteiger charge is 2.11. The van der Waals surface area contributed by atoms with Crippen LogP contribution in [0.5, 0.6) is 0 Å². The summed E-state index contributed by atoms with van der Waals surface area (Å²) in [7, 11) is 4.95. The molecule has 0 radical (unpaired) electrons. The van der Waals surface area contributed by atoms with Gasteiger partial charge in [0.2, 0.25) is 5.91 Å². The first-order valence-corrected chi connectivity index (χ1v) is 8.50. The zero-order valence-electron chi connectivity index (χ0n) is 15.9. The molecule has 0 saturated carbocycles. The Bertz CT molecular complexity index is 845. The van der Waals surface area contributed by atoms with Gasteiger partial charge in [-0.25, -0.2) is 0 Å². The number of rotatable bonds is 6. The van der Waals surface area contributed by atoms with E-state index >= 15 is 0 Å². The summed E-state index contributed by atoms with van der Waals surface area (Å²) in [5.41, 5.74) is 3.21. The highest BCUT2D eigenvalue weighted by Crippen LogP contribution is 2.19. The predicted molar refractivity (Wildman–Crippen MR) is 106 cm³/mol. The van der Waals surface area contributed by atoms with Crippen molar-refractivity contribution < 1.29 is 14.4 Å². The number of nitrogens with zero attached hydrogens (tertiary/aromatic N) is 1. The molecule has 0 heterocycles. The third-order valence-electron chi connectivity index (χ3n) is 4.07. The molecule has 0 fully saturated rings. The van der Waals surface area contributed by atoms with Crippen molar-refractivity contribution in [3.63, 3.8) is 0 Å². The van der Waals surface area contributed by atoms with Crippen LogP contribution >= 0.6 is 0 Å². The van der Waals surface area contributed by atoms with Gasteiger partial charge in [-0.1, -0.05) is 6.07 Å². The number of amides is 3. The van der Waals surface area contributed by atoms with Crippen LogP contribution in [0, 0.1) is 6.92 Å². The monoisotopic (exact) mass is 368 g/mol. The van der Waals surface area contributed by atoms with Gasteiger partial charge in [0.25, 0.3) is 11.8 Å². The lowest BCUT2D eigenvalue weighted by Crippen LogP contribution is -2.23. The first-order chi connectivity index (χ1) is 12.8. The lowest BCUT2D eigenvalue weighted by atomic mass is 10.1. The van der Waals surface area contributed by atoms with Gasteiger partial charge in [-0.15, -0.1) is 0 Å². The zero-order chi connectivity index (χ0) is 20.0. The number of hydrogen-bond donors (Lipinski definition) is 3. The Labute approximate surface area is 158 Å². The van der Waals surface area contributed by atoms with Crippen LogP contribution in [0.25, 0.3) is 0 Å². The molecule has 2 aromatic carbocycles. The predicted octanol–water partition coefficient (Wildman–Crippen LogP) is 2.11. The van der Waals surface area contributed by atoms with Crippen molar-refractivity contribution in [2.45, 2.75) is 6.92 Å². The van der Waals surface area contributed by atoms with Gasteiger partial charge in [0.05, 0.1) is 6.54 Å². The molecule has 7 nitrogen and oxygen atoms in total. The van der Waals surface area contributed by atoms with Gasteiger partial charge >= 0.3 is 0 Å². The molecule has 0 atom stereocenters. The van der Waals surface area contributed by atoms with Crippen LogP contribution in [-0.2, 0) is 4.79 Å².